The van der Waals surface area contributed by atoms with Gasteiger partial charge in [-0.05, 0) is 17.7 Å². The van der Waals surface area contributed by atoms with Gasteiger partial charge in [-0.3, -0.25) is 14.5 Å². The summed E-state index contributed by atoms with van der Waals surface area (Å²) in [6.45, 7) is 0.305. The maximum absolute atomic E-state index is 11.7. The van der Waals surface area contributed by atoms with Gasteiger partial charge >= 0.3 is 0 Å². The fourth-order valence-corrected chi connectivity index (χ4v) is 1.98. The van der Waals surface area contributed by atoms with Crippen LogP contribution in [0.25, 0.3) is 0 Å². The largest absolute Gasteiger partial charge is 0.495 e. The molecule has 1 aliphatic heterocycles. The van der Waals surface area contributed by atoms with Crippen molar-refractivity contribution in [2.45, 2.75) is 6.54 Å². The van der Waals surface area contributed by atoms with E-state index in [9.17, 15) is 9.59 Å². The lowest BCUT2D eigenvalue weighted by Crippen LogP contribution is -2.45. The van der Waals surface area contributed by atoms with Crippen molar-refractivity contribution in [3.8, 4) is 17.6 Å². The number of amides is 2. The summed E-state index contributed by atoms with van der Waals surface area (Å²) in [6.07, 6.45) is 0. The van der Waals surface area contributed by atoms with Crippen molar-refractivity contribution in [2.24, 2.45) is 5.73 Å². The lowest BCUT2D eigenvalue weighted by molar-refractivity contribution is -0.159. The molecule has 6 nitrogen and oxygen atoms in total. The minimum absolute atomic E-state index is 0.0677. The number of rotatable bonds is 3. The Morgan fingerprint density at radius 3 is 2.67 bits per heavy atom. The molecule has 0 saturated carbocycles. The number of morpholine rings is 1. The van der Waals surface area contributed by atoms with Gasteiger partial charge in [-0.25, -0.2) is 0 Å². The standard InChI is InChI=1S/C15H16N2O4/c1-20-13-5-4-11(7-12(13)3-2-6-16)8-17-14(18)9-21-10-15(17)19/h4-5,7H,6,8-10,16H2,1H3. The molecule has 1 aromatic carbocycles. The van der Waals surface area contributed by atoms with Crippen molar-refractivity contribution in [2.75, 3.05) is 26.9 Å². The third-order valence-corrected chi connectivity index (χ3v) is 2.98. The summed E-state index contributed by atoms with van der Waals surface area (Å²) in [7, 11) is 1.55. The summed E-state index contributed by atoms with van der Waals surface area (Å²) >= 11 is 0. The first-order valence-corrected chi connectivity index (χ1v) is 6.42. The molecular weight excluding hydrogens is 272 g/mol. The normalized spacial score (nSPS) is 14.7. The Morgan fingerprint density at radius 2 is 2.05 bits per heavy atom. The Bertz CT molecular complexity index is 600. The van der Waals surface area contributed by atoms with E-state index in [1.807, 2.05) is 0 Å². The van der Waals surface area contributed by atoms with Crippen molar-refractivity contribution < 1.29 is 19.1 Å². The highest BCUT2D eigenvalue weighted by molar-refractivity contribution is 5.98. The highest BCUT2D eigenvalue weighted by Crippen LogP contribution is 2.20. The molecule has 1 saturated heterocycles. The van der Waals surface area contributed by atoms with Gasteiger partial charge in [0, 0.05) is 0 Å². The van der Waals surface area contributed by atoms with Gasteiger partial charge in [0.2, 0.25) is 0 Å². The molecule has 2 rings (SSSR count). The van der Waals surface area contributed by atoms with Crippen molar-refractivity contribution in [3.63, 3.8) is 0 Å². The summed E-state index contributed by atoms with van der Waals surface area (Å²) in [5.41, 5.74) is 6.83. The van der Waals surface area contributed by atoms with Crippen molar-refractivity contribution in [3.05, 3.63) is 29.3 Å². The summed E-state index contributed by atoms with van der Waals surface area (Å²) in [5.74, 6) is 5.62. The fraction of sp³-hybridized carbons (Fsp3) is 0.333. The molecule has 0 aromatic heterocycles. The first-order chi connectivity index (χ1) is 10.2. The number of nitrogens with zero attached hydrogens (tertiary/aromatic N) is 1. The van der Waals surface area contributed by atoms with Crippen LogP contribution < -0.4 is 10.5 Å². The molecule has 0 bridgehead atoms. The molecule has 1 fully saturated rings. The first kappa shape index (κ1) is 15.0. The molecule has 110 valence electrons. The van der Waals surface area contributed by atoms with Gasteiger partial charge in [-0.1, -0.05) is 17.9 Å². The van der Waals surface area contributed by atoms with Crippen molar-refractivity contribution in [1.82, 2.24) is 4.90 Å². The number of carbonyl (C=O) groups is 2. The molecule has 0 radical (unpaired) electrons. The van der Waals surface area contributed by atoms with E-state index in [4.69, 9.17) is 15.2 Å². The maximum Gasteiger partial charge on any atom is 0.255 e. The van der Waals surface area contributed by atoms with Crippen molar-refractivity contribution in [1.29, 1.82) is 0 Å². The SMILES string of the molecule is COc1ccc(CN2C(=O)COCC2=O)cc1C#CCN. The summed E-state index contributed by atoms with van der Waals surface area (Å²) < 4.78 is 10.1. The summed E-state index contributed by atoms with van der Waals surface area (Å²) in [6, 6.07) is 5.34. The van der Waals surface area contributed by atoms with Gasteiger partial charge < -0.3 is 15.2 Å². The lowest BCUT2D eigenvalue weighted by atomic mass is 10.1. The Hall–Kier alpha value is -2.36. The van der Waals surface area contributed by atoms with Gasteiger partial charge in [0.1, 0.15) is 19.0 Å². The molecular formula is C15H16N2O4. The average Bonchev–Trinajstić information content (AvgIpc) is 2.49. The van der Waals surface area contributed by atoms with Gasteiger partial charge in [0.25, 0.3) is 11.8 Å². The van der Waals surface area contributed by atoms with Crippen molar-refractivity contribution >= 4 is 11.8 Å². The number of imide groups is 1. The molecule has 1 aromatic rings. The van der Waals surface area contributed by atoms with Crippen LogP contribution in [0.3, 0.4) is 0 Å². The highest BCUT2D eigenvalue weighted by atomic mass is 16.5. The lowest BCUT2D eigenvalue weighted by Gasteiger charge is -2.25. The second kappa shape index (κ2) is 6.88. The van der Waals surface area contributed by atoms with E-state index < -0.39 is 0 Å². The van der Waals surface area contributed by atoms with Crippen LogP contribution in [0.2, 0.25) is 0 Å². The highest BCUT2D eigenvalue weighted by Gasteiger charge is 2.26. The van der Waals surface area contributed by atoms with Gasteiger partial charge in [-0.15, -0.1) is 0 Å². The van der Waals surface area contributed by atoms with E-state index in [1.165, 1.54) is 4.90 Å². The van der Waals surface area contributed by atoms with E-state index in [-0.39, 0.29) is 38.1 Å². The molecule has 2 N–H and O–H groups in total. The second-order valence-electron chi connectivity index (χ2n) is 4.41. The van der Waals surface area contributed by atoms with Crippen LogP contribution in [-0.2, 0) is 20.9 Å². The molecule has 2 amide bonds. The summed E-state index contributed by atoms with van der Waals surface area (Å²) in [5, 5.41) is 0. The zero-order chi connectivity index (χ0) is 15.2. The van der Waals surface area contributed by atoms with E-state index in [2.05, 4.69) is 11.8 Å². The smallest absolute Gasteiger partial charge is 0.255 e. The predicted molar refractivity (Wildman–Crippen MR) is 75.3 cm³/mol. The third kappa shape index (κ3) is 3.60. The topological polar surface area (TPSA) is 81.9 Å². The van der Waals surface area contributed by atoms with E-state index in [1.54, 1.807) is 25.3 Å². The number of nitrogens with two attached hydrogens (primary N) is 1. The van der Waals surface area contributed by atoms with Crippen LogP contribution >= 0.6 is 0 Å². The number of methoxy groups -OCH3 is 1. The fourth-order valence-electron chi connectivity index (χ4n) is 1.98. The Kier molecular flexibility index (Phi) is 4.93. The molecule has 0 atom stereocenters. The molecule has 0 unspecified atom stereocenters. The Labute approximate surface area is 122 Å². The Balaban J connectivity index is 2.24. The number of benzene rings is 1. The van der Waals surface area contributed by atoms with E-state index in [0.29, 0.717) is 11.3 Å². The van der Waals surface area contributed by atoms with Crippen LogP contribution in [-0.4, -0.2) is 43.6 Å². The van der Waals surface area contributed by atoms with Crippen LogP contribution in [0.1, 0.15) is 11.1 Å². The molecule has 6 heteroatoms. The monoisotopic (exact) mass is 288 g/mol. The minimum atomic E-state index is -0.336. The first-order valence-electron chi connectivity index (χ1n) is 6.42. The quantitative estimate of drug-likeness (QED) is 0.620. The predicted octanol–water partition coefficient (Wildman–Crippen LogP) is -0.109. The van der Waals surface area contributed by atoms with E-state index >= 15 is 0 Å². The van der Waals surface area contributed by atoms with Gasteiger partial charge in [-0.2, -0.15) is 0 Å². The summed E-state index contributed by atoms with van der Waals surface area (Å²) in [4.78, 5) is 24.6. The van der Waals surface area contributed by atoms with Crippen LogP contribution in [0.4, 0.5) is 0 Å². The molecule has 1 heterocycles. The number of carbonyl (C=O) groups excluding carboxylic acids is 2. The molecule has 1 aliphatic rings. The van der Waals surface area contributed by atoms with Gasteiger partial charge in [0.05, 0.1) is 25.8 Å². The molecule has 0 aliphatic carbocycles. The second-order valence-corrected chi connectivity index (χ2v) is 4.41. The maximum atomic E-state index is 11.7. The number of hydrogen-bond donors (Lipinski definition) is 1. The third-order valence-electron chi connectivity index (χ3n) is 2.98. The number of hydrogen-bond acceptors (Lipinski definition) is 5. The average molecular weight is 288 g/mol. The van der Waals surface area contributed by atoms with Crippen LogP contribution in [0, 0.1) is 11.8 Å². The van der Waals surface area contributed by atoms with Gasteiger partial charge in [0.15, 0.2) is 0 Å². The Morgan fingerprint density at radius 1 is 1.33 bits per heavy atom. The van der Waals surface area contributed by atoms with E-state index in [0.717, 1.165) is 5.56 Å². The molecule has 21 heavy (non-hydrogen) atoms. The van der Waals surface area contributed by atoms with Crippen LogP contribution in [0.5, 0.6) is 5.75 Å². The molecule has 0 spiro atoms. The zero-order valence-corrected chi connectivity index (χ0v) is 11.7. The van der Waals surface area contributed by atoms with Crippen LogP contribution in [0.15, 0.2) is 18.2 Å². The zero-order valence-electron chi connectivity index (χ0n) is 11.7. The number of ether oxygens (including phenoxy) is 2. The minimum Gasteiger partial charge on any atom is -0.495 e.